The Balaban J connectivity index is 1.88. The zero-order chi connectivity index (χ0) is 20.8. The van der Waals surface area contributed by atoms with Gasteiger partial charge in [0.2, 0.25) is 5.91 Å². The van der Waals surface area contributed by atoms with Gasteiger partial charge in [0.1, 0.15) is 23.9 Å². The first-order valence-corrected chi connectivity index (χ1v) is 8.77. The SMILES string of the molecule is COC(=O)C(C#N)=Cc1cn(CC(=O)Nc2ccc(OC)cc2)c2ccccc12. The van der Waals surface area contributed by atoms with Crippen LogP contribution in [-0.4, -0.2) is 30.7 Å². The first kappa shape index (κ1) is 19.7. The molecular weight excluding hydrogens is 370 g/mol. The third-order valence-electron chi connectivity index (χ3n) is 4.33. The van der Waals surface area contributed by atoms with Gasteiger partial charge >= 0.3 is 5.97 Å². The molecule has 146 valence electrons. The van der Waals surface area contributed by atoms with Crippen LogP contribution in [0.3, 0.4) is 0 Å². The molecule has 3 rings (SSSR count). The van der Waals surface area contributed by atoms with Crippen molar-refractivity contribution in [2.45, 2.75) is 6.54 Å². The number of nitrogens with zero attached hydrogens (tertiary/aromatic N) is 2. The summed E-state index contributed by atoms with van der Waals surface area (Å²) in [5.41, 5.74) is 2.01. The van der Waals surface area contributed by atoms with Gasteiger partial charge in [-0.1, -0.05) is 18.2 Å². The van der Waals surface area contributed by atoms with E-state index < -0.39 is 5.97 Å². The molecule has 1 aromatic heterocycles. The lowest BCUT2D eigenvalue weighted by Crippen LogP contribution is -2.18. The zero-order valence-electron chi connectivity index (χ0n) is 16.0. The average Bonchev–Trinajstić information content (AvgIpc) is 3.09. The fourth-order valence-corrected chi connectivity index (χ4v) is 2.95. The highest BCUT2D eigenvalue weighted by Gasteiger charge is 2.14. The number of nitriles is 1. The Morgan fingerprint density at radius 2 is 1.86 bits per heavy atom. The monoisotopic (exact) mass is 389 g/mol. The topological polar surface area (TPSA) is 93.4 Å². The zero-order valence-corrected chi connectivity index (χ0v) is 16.0. The number of benzene rings is 2. The Bertz CT molecular complexity index is 1120. The smallest absolute Gasteiger partial charge is 0.348 e. The predicted molar refractivity (Wildman–Crippen MR) is 109 cm³/mol. The fraction of sp³-hybridized carbons (Fsp3) is 0.136. The van der Waals surface area contributed by atoms with Crippen molar-refractivity contribution in [2.24, 2.45) is 0 Å². The maximum atomic E-state index is 12.5. The Morgan fingerprint density at radius 3 is 2.52 bits per heavy atom. The number of para-hydroxylation sites is 1. The average molecular weight is 389 g/mol. The van der Waals surface area contributed by atoms with Crippen molar-refractivity contribution in [1.29, 1.82) is 5.26 Å². The van der Waals surface area contributed by atoms with E-state index in [-0.39, 0.29) is 18.0 Å². The summed E-state index contributed by atoms with van der Waals surface area (Å²) >= 11 is 0. The Hall–Kier alpha value is -4.05. The van der Waals surface area contributed by atoms with Crippen LogP contribution in [0.2, 0.25) is 0 Å². The number of rotatable bonds is 6. The van der Waals surface area contributed by atoms with Crippen LogP contribution in [0.1, 0.15) is 5.56 Å². The lowest BCUT2D eigenvalue weighted by atomic mass is 10.1. The second kappa shape index (κ2) is 8.76. The van der Waals surface area contributed by atoms with Crippen LogP contribution in [0.25, 0.3) is 17.0 Å². The number of fused-ring (bicyclic) bond motifs is 1. The number of esters is 1. The van der Waals surface area contributed by atoms with Gasteiger partial charge in [-0.3, -0.25) is 4.79 Å². The molecule has 0 spiro atoms. The first-order valence-electron chi connectivity index (χ1n) is 8.77. The van der Waals surface area contributed by atoms with E-state index in [1.165, 1.54) is 13.2 Å². The summed E-state index contributed by atoms with van der Waals surface area (Å²) in [5, 5.41) is 12.9. The molecule has 0 fully saturated rings. The molecule has 0 unspecified atom stereocenters. The van der Waals surface area contributed by atoms with Crippen LogP contribution in [0, 0.1) is 11.3 Å². The third-order valence-corrected chi connectivity index (χ3v) is 4.33. The standard InChI is InChI=1S/C22H19N3O4/c1-28-18-9-7-17(8-10-18)24-21(26)14-25-13-16(11-15(12-23)22(27)29-2)19-5-3-4-6-20(19)25/h3-11,13H,14H2,1-2H3,(H,24,26). The van der Waals surface area contributed by atoms with Crippen LogP contribution < -0.4 is 10.1 Å². The van der Waals surface area contributed by atoms with Gasteiger partial charge in [-0.05, 0) is 36.4 Å². The van der Waals surface area contributed by atoms with Gasteiger partial charge in [0.25, 0.3) is 0 Å². The van der Waals surface area contributed by atoms with Crippen LogP contribution in [0.4, 0.5) is 5.69 Å². The molecule has 1 N–H and O–H groups in total. The Morgan fingerprint density at radius 1 is 1.14 bits per heavy atom. The van der Waals surface area contributed by atoms with E-state index in [1.807, 2.05) is 30.3 Å². The molecular formula is C22H19N3O4. The fourth-order valence-electron chi connectivity index (χ4n) is 2.95. The van der Waals surface area contributed by atoms with Gasteiger partial charge in [-0.15, -0.1) is 0 Å². The van der Waals surface area contributed by atoms with Gasteiger partial charge in [0, 0.05) is 28.4 Å². The summed E-state index contributed by atoms with van der Waals surface area (Å²) in [6.07, 6.45) is 3.20. The van der Waals surface area contributed by atoms with Gasteiger partial charge in [-0.25, -0.2) is 4.79 Å². The van der Waals surface area contributed by atoms with Crippen molar-refractivity contribution in [2.75, 3.05) is 19.5 Å². The van der Waals surface area contributed by atoms with E-state index in [0.29, 0.717) is 17.0 Å². The molecule has 1 heterocycles. The molecule has 0 atom stereocenters. The maximum absolute atomic E-state index is 12.5. The van der Waals surface area contributed by atoms with Gasteiger partial charge in [0.15, 0.2) is 0 Å². The van der Waals surface area contributed by atoms with Crippen molar-refractivity contribution >= 4 is 34.5 Å². The number of nitrogens with one attached hydrogen (secondary N) is 1. The molecule has 0 saturated carbocycles. The normalized spacial score (nSPS) is 11.0. The minimum Gasteiger partial charge on any atom is -0.497 e. The number of hydrogen-bond donors (Lipinski definition) is 1. The van der Waals surface area contributed by atoms with Crippen LogP contribution in [-0.2, 0) is 20.9 Å². The maximum Gasteiger partial charge on any atom is 0.348 e. The molecule has 7 nitrogen and oxygen atoms in total. The number of anilines is 1. The summed E-state index contributed by atoms with van der Waals surface area (Å²) in [6.45, 7) is 0.0699. The highest BCUT2D eigenvalue weighted by molar-refractivity contribution is 6.01. The van der Waals surface area contributed by atoms with Crippen LogP contribution in [0.5, 0.6) is 5.75 Å². The molecule has 1 amide bonds. The van der Waals surface area contributed by atoms with Gasteiger partial charge in [-0.2, -0.15) is 5.26 Å². The molecule has 0 aliphatic rings. The lowest BCUT2D eigenvalue weighted by Gasteiger charge is -2.08. The molecule has 0 bridgehead atoms. The number of carbonyl (C=O) groups is 2. The first-order chi connectivity index (χ1) is 14.0. The van der Waals surface area contributed by atoms with E-state index in [2.05, 4.69) is 10.1 Å². The number of amides is 1. The highest BCUT2D eigenvalue weighted by Crippen LogP contribution is 2.24. The van der Waals surface area contributed by atoms with E-state index in [1.54, 1.807) is 42.1 Å². The number of ether oxygens (including phenoxy) is 2. The molecule has 7 heteroatoms. The molecule has 0 radical (unpaired) electrons. The predicted octanol–water partition coefficient (Wildman–Crippen LogP) is 3.37. The van der Waals surface area contributed by atoms with E-state index in [4.69, 9.17) is 4.74 Å². The minimum atomic E-state index is -0.707. The summed E-state index contributed by atoms with van der Waals surface area (Å²) in [5.74, 6) is -0.212. The van der Waals surface area contributed by atoms with Crippen molar-refractivity contribution in [3.8, 4) is 11.8 Å². The van der Waals surface area contributed by atoms with Crippen molar-refractivity contribution in [3.63, 3.8) is 0 Å². The van der Waals surface area contributed by atoms with Gasteiger partial charge in [0.05, 0.1) is 14.2 Å². The molecule has 0 saturated heterocycles. The third kappa shape index (κ3) is 4.45. The van der Waals surface area contributed by atoms with Crippen molar-refractivity contribution in [3.05, 3.63) is 65.9 Å². The highest BCUT2D eigenvalue weighted by atomic mass is 16.5. The Kier molecular flexibility index (Phi) is 5.95. The molecule has 3 aromatic rings. The molecule has 0 aliphatic heterocycles. The number of carbonyl (C=O) groups excluding carboxylic acids is 2. The molecule has 29 heavy (non-hydrogen) atoms. The second-order valence-corrected chi connectivity index (χ2v) is 6.17. The minimum absolute atomic E-state index is 0.0699. The summed E-state index contributed by atoms with van der Waals surface area (Å²) in [6, 6.07) is 16.3. The Labute approximate surface area is 167 Å². The van der Waals surface area contributed by atoms with E-state index in [9.17, 15) is 14.9 Å². The van der Waals surface area contributed by atoms with Crippen LogP contribution >= 0.6 is 0 Å². The van der Waals surface area contributed by atoms with Gasteiger partial charge < -0.3 is 19.4 Å². The van der Waals surface area contributed by atoms with E-state index in [0.717, 1.165) is 10.9 Å². The molecule has 0 aliphatic carbocycles. The van der Waals surface area contributed by atoms with E-state index >= 15 is 0 Å². The van der Waals surface area contributed by atoms with Crippen molar-refractivity contribution < 1.29 is 19.1 Å². The lowest BCUT2D eigenvalue weighted by molar-refractivity contribution is -0.135. The summed E-state index contributed by atoms with van der Waals surface area (Å²) in [4.78, 5) is 24.2. The number of methoxy groups -OCH3 is 2. The summed E-state index contributed by atoms with van der Waals surface area (Å²) < 4.78 is 11.5. The quantitative estimate of drug-likeness (QED) is 0.396. The second-order valence-electron chi connectivity index (χ2n) is 6.17. The number of aromatic nitrogens is 1. The molecule has 2 aromatic carbocycles. The van der Waals surface area contributed by atoms with Crippen LogP contribution in [0.15, 0.2) is 60.3 Å². The van der Waals surface area contributed by atoms with Crippen molar-refractivity contribution in [1.82, 2.24) is 4.57 Å². The largest absolute Gasteiger partial charge is 0.497 e. The summed E-state index contributed by atoms with van der Waals surface area (Å²) in [7, 11) is 2.80. The number of hydrogen-bond acceptors (Lipinski definition) is 5.